The van der Waals surface area contributed by atoms with Gasteiger partial charge < -0.3 is 10.2 Å². The van der Waals surface area contributed by atoms with Crippen molar-refractivity contribution in [2.45, 2.75) is 57.4 Å². The van der Waals surface area contributed by atoms with E-state index in [9.17, 15) is 4.79 Å². The molecule has 0 radical (unpaired) electrons. The van der Waals surface area contributed by atoms with Crippen LogP contribution in [0.4, 0.5) is 0 Å². The van der Waals surface area contributed by atoms with Crippen LogP contribution >= 0.6 is 0 Å². The number of likely N-dealkylation sites (tertiary alicyclic amines) is 1. The normalized spacial score (nSPS) is 36.5. The molecule has 4 rings (SSSR count). The van der Waals surface area contributed by atoms with Gasteiger partial charge in [-0.2, -0.15) is 0 Å². The first kappa shape index (κ1) is 17.1. The van der Waals surface area contributed by atoms with Gasteiger partial charge >= 0.3 is 0 Å². The molecule has 5 unspecified atom stereocenters. The van der Waals surface area contributed by atoms with Crippen LogP contribution < -0.4 is 5.32 Å². The number of fused-ring (bicyclic) bond motifs is 1. The highest BCUT2D eigenvalue weighted by Crippen LogP contribution is 2.45. The summed E-state index contributed by atoms with van der Waals surface area (Å²) in [7, 11) is 0. The average molecular weight is 341 g/mol. The third-order valence-electron chi connectivity index (χ3n) is 6.81. The molecule has 3 aliphatic rings. The van der Waals surface area contributed by atoms with Crippen molar-refractivity contribution >= 4 is 5.91 Å². The van der Waals surface area contributed by atoms with Crippen LogP contribution in [0, 0.1) is 17.8 Å². The Morgan fingerprint density at radius 2 is 1.84 bits per heavy atom. The van der Waals surface area contributed by atoms with Gasteiger partial charge in [0.05, 0.1) is 5.92 Å². The summed E-state index contributed by atoms with van der Waals surface area (Å²) >= 11 is 0. The zero-order valence-electron chi connectivity index (χ0n) is 15.5. The molecule has 1 N–H and O–H groups in total. The number of hydrogen-bond donors (Lipinski definition) is 1. The number of nitrogens with zero attached hydrogens (tertiary/aromatic N) is 1. The highest BCUT2D eigenvalue weighted by Gasteiger charge is 2.46. The standard InChI is InChI=1S/C22H32N2O/c1-16-10-11-18-20(14-16)23-22(25)19(15-24-12-6-3-7-13-24)21(18)17-8-4-2-5-9-17/h2,4-5,8-9,16,18-21H,3,6-7,10-15H2,1H3,(H,23,25). The molecular formula is C22H32N2O. The Labute approximate surface area is 152 Å². The smallest absolute Gasteiger partial charge is 0.225 e. The molecule has 1 amide bonds. The van der Waals surface area contributed by atoms with Gasteiger partial charge in [0, 0.05) is 18.5 Å². The summed E-state index contributed by atoms with van der Waals surface area (Å²) in [4.78, 5) is 15.6. The van der Waals surface area contributed by atoms with Crippen LogP contribution in [0.3, 0.4) is 0 Å². The molecule has 1 aromatic carbocycles. The molecule has 3 fully saturated rings. The van der Waals surface area contributed by atoms with Crippen LogP contribution in [0.15, 0.2) is 30.3 Å². The van der Waals surface area contributed by atoms with Crippen molar-refractivity contribution < 1.29 is 4.79 Å². The number of rotatable bonds is 3. The number of carbonyl (C=O) groups is 1. The fourth-order valence-electron chi connectivity index (χ4n) is 5.52. The third-order valence-corrected chi connectivity index (χ3v) is 6.81. The molecule has 2 aliphatic heterocycles. The second kappa shape index (κ2) is 7.49. The van der Waals surface area contributed by atoms with E-state index in [-0.39, 0.29) is 5.92 Å². The van der Waals surface area contributed by atoms with Crippen LogP contribution in [0.2, 0.25) is 0 Å². The van der Waals surface area contributed by atoms with Gasteiger partial charge in [0.2, 0.25) is 5.91 Å². The van der Waals surface area contributed by atoms with E-state index < -0.39 is 0 Å². The molecule has 0 bridgehead atoms. The summed E-state index contributed by atoms with van der Waals surface area (Å²) in [6.07, 6.45) is 7.62. The predicted octanol–water partition coefficient (Wildman–Crippen LogP) is 3.81. The van der Waals surface area contributed by atoms with Crippen LogP contribution in [0.25, 0.3) is 0 Å². The lowest BCUT2D eigenvalue weighted by Gasteiger charge is -2.48. The van der Waals surface area contributed by atoms with Crippen molar-refractivity contribution in [3.63, 3.8) is 0 Å². The van der Waals surface area contributed by atoms with Crippen molar-refractivity contribution in [3.05, 3.63) is 35.9 Å². The number of amides is 1. The maximum atomic E-state index is 13.1. The quantitative estimate of drug-likeness (QED) is 0.907. The van der Waals surface area contributed by atoms with E-state index in [0.29, 0.717) is 23.8 Å². The van der Waals surface area contributed by atoms with Crippen molar-refractivity contribution in [1.29, 1.82) is 0 Å². The van der Waals surface area contributed by atoms with Crippen LogP contribution in [-0.2, 0) is 4.79 Å². The molecular weight excluding hydrogens is 308 g/mol. The first-order chi connectivity index (χ1) is 12.2. The van der Waals surface area contributed by atoms with Crippen molar-refractivity contribution in [2.75, 3.05) is 19.6 Å². The Hall–Kier alpha value is -1.35. The molecule has 5 atom stereocenters. The van der Waals surface area contributed by atoms with Gasteiger partial charge in [-0.25, -0.2) is 0 Å². The summed E-state index contributed by atoms with van der Waals surface area (Å²) in [6, 6.07) is 11.2. The van der Waals surface area contributed by atoms with Crippen LogP contribution in [0.5, 0.6) is 0 Å². The maximum Gasteiger partial charge on any atom is 0.225 e. The van der Waals surface area contributed by atoms with Crippen LogP contribution in [-0.4, -0.2) is 36.5 Å². The van der Waals surface area contributed by atoms with Gasteiger partial charge in [-0.3, -0.25) is 4.79 Å². The monoisotopic (exact) mass is 340 g/mol. The number of nitrogens with one attached hydrogen (secondary N) is 1. The molecule has 1 aromatic rings. The summed E-state index contributed by atoms with van der Waals surface area (Å²) in [5, 5.41) is 3.42. The van der Waals surface area contributed by atoms with Gasteiger partial charge in [0.15, 0.2) is 0 Å². The topological polar surface area (TPSA) is 32.3 Å². The van der Waals surface area contributed by atoms with Gasteiger partial charge in [-0.05, 0) is 56.2 Å². The number of hydrogen-bond acceptors (Lipinski definition) is 2. The maximum absolute atomic E-state index is 13.1. The first-order valence-electron chi connectivity index (χ1n) is 10.3. The molecule has 0 spiro atoms. The molecule has 1 aliphatic carbocycles. The highest BCUT2D eigenvalue weighted by atomic mass is 16.2. The summed E-state index contributed by atoms with van der Waals surface area (Å²) < 4.78 is 0. The molecule has 2 heterocycles. The second-order valence-electron chi connectivity index (χ2n) is 8.60. The summed E-state index contributed by atoms with van der Waals surface area (Å²) in [5.74, 6) is 2.13. The Kier molecular flexibility index (Phi) is 5.12. The minimum Gasteiger partial charge on any atom is -0.353 e. The van der Waals surface area contributed by atoms with Gasteiger partial charge in [-0.15, -0.1) is 0 Å². The van der Waals surface area contributed by atoms with E-state index in [4.69, 9.17) is 0 Å². The zero-order chi connectivity index (χ0) is 17.2. The number of carbonyl (C=O) groups excluding carboxylic acids is 1. The van der Waals surface area contributed by atoms with Gasteiger partial charge in [0.1, 0.15) is 0 Å². The lowest BCUT2D eigenvalue weighted by molar-refractivity contribution is -0.132. The minimum absolute atomic E-state index is 0.107. The molecule has 3 heteroatoms. The summed E-state index contributed by atoms with van der Waals surface area (Å²) in [5.41, 5.74) is 1.38. The van der Waals surface area contributed by atoms with E-state index in [1.807, 2.05) is 0 Å². The SMILES string of the molecule is CC1CCC2C(C1)NC(=O)C(CN1CCCCC1)C2c1ccccc1. The molecule has 2 saturated heterocycles. The number of piperidine rings is 2. The average Bonchev–Trinajstić information content (AvgIpc) is 2.64. The molecule has 0 aromatic heterocycles. The molecule has 3 nitrogen and oxygen atoms in total. The molecule has 136 valence electrons. The van der Waals surface area contributed by atoms with Crippen molar-refractivity contribution in [3.8, 4) is 0 Å². The largest absolute Gasteiger partial charge is 0.353 e. The Balaban J connectivity index is 1.61. The fraction of sp³-hybridized carbons (Fsp3) is 0.682. The lowest BCUT2D eigenvalue weighted by Crippen LogP contribution is -2.57. The zero-order valence-corrected chi connectivity index (χ0v) is 15.5. The molecule has 1 saturated carbocycles. The van der Waals surface area contributed by atoms with E-state index in [1.54, 1.807) is 0 Å². The van der Waals surface area contributed by atoms with Gasteiger partial charge in [-0.1, -0.05) is 50.1 Å². The fourth-order valence-corrected chi connectivity index (χ4v) is 5.52. The van der Waals surface area contributed by atoms with Crippen molar-refractivity contribution in [2.24, 2.45) is 17.8 Å². The second-order valence-corrected chi connectivity index (χ2v) is 8.60. The lowest BCUT2D eigenvalue weighted by atomic mass is 9.64. The van der Waals surface area contributed by atoms with E-state index in [1.165, 1.54) is 37.7 Å². The van der Waals surface area contributed by atoms with Crippen LogP contribution in [0.1, 0.15) is 56.9 Å². The Morgan fingerprint density at radius 1 is 1.08 bits per heavy atom. The number of benzene rings is 1. The highest BCUT2D eigenvalue weighted by molar-refractivity contribution is 5.81. The third kappa shape index (κ3) is 3.62. The first-order valence-corrected chi connectivity index (χ1v) is 10.3. The minimum atomic E-state index is 0.107. The van der Waals surface area contributed by atoms with Gasteiger partial charge in [0.25, 0.3) is 0 Å². The van der Waals surface area contributed by atoms with Crippen molar-refractivity contribution in [1.82, 2.24) is 10.2 Å². The van der Waals surface area contributed by atoms with E-state index in [2.05, 4.69) is 47.5 Å². The molecule has 25 heavy (non-hydrogen) atoms. The summed E-state index contributed by atoms with van der Waals surface area (Å²) in [6.45, 7) is 5.59. The predicted molar refractivity (Wildman–Crippen MR) is 101 cm³/mol. The Morgan fingerprint density at radius 3 is 2.60 bits per heavy atom. The van der Waals surface area contributed by atoms with E-state index in [0.717, 1.165) is 32.0 Å². The van der Waals surface area contributed by atoms with E-state index >= 15 is 0 Å². The Bertz CT molecular complexity index is 581.